The van der Waals surface area contributed by atoms with Crippen molar-refractivity contribution in [3.05, 3.63) is 40.8 Å². The molecule has 1 aliphatic heterocycles. The molecular weight excluding hydrogens is 362 g/mol. The fraction of sp³-hybridized carbons (Fsp3) is 0.450. The second-order valence-corrected chi connectivity index (χ2v) is 7.87. The molecule has 0 unspecified atom stereocenters. The molecule has 1 fully saturated rings. The predicted molar refractivity (Wildman–Crippen MR) is 106 cm³/mol. The minimum Gasteiger partial charge on any atom is -0.480 e. The molecule has 0 spiro atoms. The van der Waals surface area contributed by atoms with E-state index in [0.717, 1.165) is 11.1 Å². The van der Waals surface area contributed by atoms with E-state index in [1.54, 1.807) is 17.0 Å². The van der Waals surface area contributed by atoms with Crippen molar-refractivity contribution < 1.29 is 19.4 Å². The van der Waals surface area contributed by atoms with Gasteiger partial charge < -0.3 is 24.2 Å². The third-order valence-corrected chi connectivity index (χ3v) is 4.56. The minimum atomic E-state index is -1.06. The fourth-order valence-corrected chi connectivity index (χ4v) is 3.21. The second-order valence-electron chi connectivity index (χ2n) is 7.87. The Kier molecular flexibility index (Phi) is 5.31. The number of ether oxygens (including phenoxy) is 1. The van der Waals surface area contributed by atoms with Gasteiger partial charge in [0.2, 0.25) is 0 Å². The average molecular weight is 387 g/mol. The molecule has 8 heteroatoms. The number of carbonyl (C=O) groups is 2. The summed E-state index contributed by atoms with van der Waals surface area (Å²) in [5.41, 5.74) is 0.0262. The summed E-state index contributed by atoms with van der Waals surface area (Å²) in [5.74, 6) is -1.06. The summed E-state index contributed by atoms with van der Waals surface area (Å²) in [6.07, 6.45) is 1.18. The molecule has 1 aliphatic rings. The molecule has 0 atom stereocenters. The van der Waals surface area contributed by atoms with Crippen molar-refractivity contribution in [1.29, 1.82) is 0 Å². The van der Waals surface area contributed by atoms with Gasteiger partial charge in [0.25, 0.3) is 5.56 Å². The lowest BCUT2D eigenvalue weighted by Gasteiger charge is -2.36. The van der Waals surface area contributed by atoms with Crippen molar-refractivity contribution >= 4 is 28.5 Å². The molecule has 1 amide bonds. The maximum Gasteiger partial charge on any atom is 0.410 e. The first-order chi connectivity index (χ1) is 13.1. The van der Waals surface area contributed by atoms with Gasteiger partial charge in [0.1, 0.15) is 12.1 Å². The van der Waals surface area contributed by atoms with Gasteiger partial charge in [0, 0.05) is 43.4 Å². The summed E-state index contributed by atoms with van der Waals surface area (Å²) in [6.45, 7) is 7.47. The first-order valence-corrected chi connectivity index (χ1v) is 9.22. The van der Waals surface area contributed by atoms with Gasteiger partial charge in [0.15, 0.2) is 0 Å². The second kappa shape index (κ2) is 7.53. The lowest BCUT2D eigenvalue weighted by Crippen LogP contribution is -2.50. The Bertz CT molecular complexity index is 952. The summed E-state index contributed by atoms with van der Waals surface area (Å²) in [4.78, 5) is 39.5. The number of rotatable bonds is 3. The number of hydrogen-bond acceptors (Lipinski definition) is 5. The van der Waals surface area contributed by atoms with Crippen LogP contribution in [-0.4, -0.2) is 58.4 Å². The van der Waals surface area contributed by atoms with Gasteiger partial charge in [-0.1, -0.05) is 6.07 Å². The van der Waals surface area contributed by atoms with E-state index in [9.17, 15) is 14.4 Å². The Labute approximate surface area is 162 Å². The third kappa shape index (κ3) is 4.44. The molecule has 0 bridgehead atoms. The SMILES string of the molecule is CC(C)(C)OC(=O)N1CCN(c2ccc3ccn(CC(=O)O)c(=O)c3c2)CC1. The van der Waals surface area contributed by atoms with Gasteiger partial charge in [-0.15, -0.1) is 0 Å². The van der Waals surface area contributed by atoms with Crippen LogP contribution < -0.4 is 10.5 Å². The van der Waals surface area contributed by atoms with Crippen molar-refractivity contribution in [3.63, 3.8) is 0 Å². The Balaban J connectivity index is 1.76. The summed E-state index contributed by atoms with van der Waals surface area (Å²) in [6, 6.07) is 7.33. The molecule has 2 aromatic rings. The topological polar surface area (TPSA) is 92.1 Å². The van der Waals surface area contributed by atoms with Crippen LogP contribution in [-0.2, 0) is 16.1 Å². The van der Waals surface area contributed by atoms with Crippen molar-refractivity contribution in [2.45, 2.75) is 32.9 Å². The van der Waals surface area contributed by atoms with Crippen LogP contribution in [0.3, 0.4) is 0 Å². The zero-order valence-electron chi connectivity index (χ0n) is 16.3. The molecule has 2 heterocycles. The third-order valence-electron chi connectivity index (χ3n) is 4.56. The molecule has 28 heavy (non-hydrogen) atoms. The standard InChI is InChI=1S/C20H25N3O5/c1-20(2,3)28-19(27)22-10-8-21(9-11-22)15-5-4-14-6-7-23(13-17(24)25)18(26)16(14)12-15/h4-7,12H,8-11,13H2,1-3H3,(H,24,25). The Hall–Kier alpha value is -3.03. The summed E-state index contributed by atoms with van der Waals surface area (Å²) in [7, 11) is 0. The van der Waals surface area contributed by atoms with Crippen LogP contribution in [0.4, 0.5) is 10.5 Å². The average Bonchev–Trinajstić information content (AvgIpc) is 2.62. The molecule has 0 aliphatic carbocycles. The molecular formula is C20H25N3O5. The number of carboxylic acids is 1. The lowest BCUT2D eigenvalue weighted by atomic mass is 10.1. The van der Waals surface area contributed by atoms with E-state index in [1.807, 2.05) is 32.9 Å². The molecule has 0 radical (unpaired) electrons. The lowest BCUT2D eigenvalue weighted by molar-refractivity contribution is -0.137. The highest BCUT2D eigenvalue weighted by Crippen LogP contribution is 2.22. The van der Waals surface area contributed by atoms with Gasteiger partial charge >= 0.3 is 12.1 Å². The van der Waals surface area contributed by atoms with Crippen molar-refractivity contribution in [2.24, 2.45) is 0 Å². The van der Waals surface area contributed by atoms with Crippen LogP contribution >= 0.6 is 0 Å². The number of benzene rings is 1. The summed E-state index contributed by atoms with van der Waals surface area (Å²) < 4.78 is 6.60. The van der Waals surface area contributed by atoms with Crippen LogP contribution in [0.2, 0.25) is 0 Å². The molecule has 150 valence electrons. The molecule has 0 saturated carbocycles. The van der Waals surface area contributed by atoms with E-state index in [1.165, 1.54) is 10.8 Å². The fourth-order valence-electron chi connectivity index (χ4n) is 3.21. The van der Waals surface area contributed by atoms with Crippen LogP contribution in [0.15, 0.2) is 35.3 Å². The van der Waals surface area contributed by atoms with Gasteiger partial charge in [-0.05, 0) is 44.4 Å². The van der Waals surface area contributed by atoms with Crippen molar-refractivity contribution in [2.75, 3.05) is 31.1 Å². The first-order valence-electron chi connectivity index (χ1n) is 9.22. The highest BCUT2D eigenvalue weighted by atomic mass is 16.6. The van der Waals surface area contributed by atoms with Gasteiger partial charge in [0.05, 0.1) is 0 Å². The molecule has 1 aromatic heterocycles. The molecule has 1 aromatic carbocycles. The maximum atomic E-state index is 12.6. The number of hydrogen-bond donors (Lipinski definition) is 1. The number of aromatic nitrogens is 1. The highest BCUT2D eigenvalue weighted by molar-refractivity contribution is 5.85. The highest BCUT2D eigenvalue weighted by Gasteiger charge is 2.26. The number of fused-ring (bicyclic) bond motifs is 1. The van der Waals surface area contributed by atoms with E-state index in [2.05, 4.69) is 4.90 Å². The van der Waals surface area contributed by atoms with Crippen LogP contribution in [0.25, 0.3) is 10.8 Å². The minimum absolute atomic E-state index is 0.317. The number of aliphatic carboxylic acids is 1. The van der Waals surface area contributed by atoms with Gasteiger partial charge in [-0.3, -0.25) is 9.59 Å². The predicted octanol–water partition coefficient (Wildman–Crippen LogP) is 2.14. The van der Waals surface area contributed by atoms with Crippen LogP contribution in [0.1, 0.15) is 20.8 Å². The van der Waals surface area contributed by atoms with Crippen LogP contribution in [0.5, 0.6) is 0 Å². The smallest absolute Gasteiger partial charge is 0.410 e. The number of carboxylic acid groups (broad SMARTS) is 1. The number of nitrogens with zero attached hydrogens (tertiary/aromatic N) is 3. The monoisotopic (exact) mass is 387 g/mol. The number of amides is 1. The van der Waals surface area contributed by atoms with Crippen LogP contribution in [0, 0.1) is 0 Å². The van der Waals surface area contributed by atoms with Gasteiger partial charge in [-0.2, -0.15) is 0 Å². The van der Waals surface area contributed by atoms with E-state index in [4.69, 9.17) is 9.84 Å². The number of anilines is 1. The number of piperazine rings is 1. The number of carbonyl (C=O) groups excluding carboxylic acids is 1. The quantitative estimate of drug-likeness (QED) is 0.868. The summed E-state index contributed by atoms with van der Waals surface area (Å²) in [5, 5.41) is 10.2. The van der Waals surface area contributed by atoms with E-state index < -0.39 is 11.6 Å². The maximum absolute atomic E-state index is 12.6. The Morgan fingerprint density at radius 2 is 1.79 bits per heavy atom. The molecule has 3 rings (SSSR count). The van der Waals surface area contributed by atoms with Crippen molar-refractivity contribution in [3.8, 4) is 0 Å². The normalized spacial score (nSPS) is 15.0. The molecule has 1 N–H and O–H groups in total. The number of pyridine rings is 1. The first kappa shape index (κ1) is 19.7. The summed E-state index contributed by atoms with van der Waals surface area (Å²) >= 11 is 0. The zero-order chi connectivity index (χ0) is 20.5. The molecule has 1 saturated heterocycles. The van der Waals surface area contributed by atoms with Gasteiger partial charge in [-0.25, -0.2) is 4.79 Å². The van der Waals surface area contributed by atoms with E-state index >= 15 is 0 Å². The van der Waals surface area contributed by atoms with E-state index in [0.29, 0.717) is 31.6 Å². The largest absolute Gasteiger partial charge is 0.480 e. The Morgan fingerprint density at radius 3 is 2.39 bits per heavy atom. The Morgan fingerprint density at radius 1 is 1.11 bits per heavy atom. The van der Waals surface area contributed by atoms with E-state index in [-0.39, 0.29) is 18.2 Å². The van der Waals surface area contributed by atoms with Crippen molar-refractivity contribution in [1.82, 2.24) is 9.47 Å². The molecule has 8 nitrogen and oxygen atoms in total. The zero-order valence-corrected chi connectivity index (χ0v) is 16.3.